The van der Waals surface area contributed by atoms with Crippen molar-refractivity contribution in [2.75, 3.05) is 18.1 Å². The van der Waals surface area contributed by atoms with Crippen LogP contribution in [0.2, 0.25) is 0 Å². The molecule has 6 nitrogen and oxygen atoms in total. The average Bonchev–Trinajstić information content (AvgIpc) is 2.46. The maximum atomic E-state index is 10.8. The van der Waals surface area contributed by atoms with Gasteiger partial charge in [-0.05, 0) is 32.6 Å². The van der Waals surface area contributed by atoms with E-state index in [0.29, 0.717) is 24.9 Å². The molecular weight excluding hydrogens is 258 g/mol. The predicted molar refractivity (Wildman–Crippen MR) is 75.1 cm³/mol. The van der Waals surface area contributed by atoms with E-state index in [9.17, 15) is 4.79 Å². The number of ether oxygens (including phenoxy) is 1. The molecule has 2 rings (SSSR count). The molecule has 1 aromatic rings. The monoisotopic (exact) mass is 279 g/mol. The first-order valence-electron chi connectivity index (χ1n) is 7.15. The standard InChI is InChI=1S/C14H21N3O3/c1-2-20-12-8-9-15-14(16-12)17-10-4-3-5-11(17)6-7-13(18)19/h8-9,11H,2-7,10H2,1H3,(H,18,19). The molecule has 6 heteroatoms. The minimum absolute atomic E-state index is 0.187. The van der Waals surface area contributed by atoms with E-state index in [1.54, 1.807) is 12.3 Å². The third-order valence-corrected chi connectivity index (χ3v) is 3.48. The minimum atomic E-state index is -0.750. The molecule has 1 aliphatic rings. The first-order valence-corrected chi connectivity index (χ1v) is 7.15. The number of aromatic nitrogens is 2. The Morgan fingerprint density at radius 2 is 2.40 bits per heavy atom. The largest absolute Gasteiger partial charge is 0.481 e. The van der Waals surface area contributed by atoms with Gasteiger partial charge in [0.25, 0.3) is 0 Å². The van der Waals surface area contributed by atoms with Gasteiger partial charge in [-0.1, -0.05) is 0 Å². The molecule has 1 saturated heterocycles. The number of aliphatic carboxylic acids is 1. The summed E-state index contributed by atoms with van der Waals surface area (Å²) < 4.78 is 5.40. The summed E-state index contributed by atoms with van der Waals surface area (Å²) in [6.07, 6.45) is 5.73. The Labute approximate surface area is 118 Å². The van der Waals surface area contributed by atoms with E-state index in [4.69, 9.17) is 9.84 Å². The van der Waals surface area contributed by atoms with Gasteiger partial charge in [0.15, 0.2) is 0 Å². The van der Waals surface area contributed by atoms with Crippen molar-refractivity contribution in [3.8, 4) is 5.88 Å². The normalized spacial score (nSPS) is 18.9. The van der Waals surface area contributed by atoms with Crippen LogP contribution in [0.5, 0.6) is 5.88 Å². The molecule has 0 radical (unpaired) electrons. The maximum Gasteiger partial charge on any atom is 0.303 e. The van der Waals surface area contributed by atoms with E-state index in [0.717, 1.165) is 25.8 Å². The Bertz CT molecular complexity index is 453. The lowest BCUT2D eigenvalue weighted by atomic mass is 9.98. The predicted octanol–water partition coefficient (Wildman–Crippen LogP) is 2.10. The Kier molecular flexibility index (Phi) is 5.15. The molecule has 0 aromatic carbocycles. The molecule has 2 heterocycles. The zero-order chi connectivity index (χ0) is 14.4. The van der Waals surface area contributed by atoms with E-state index in [1.165, 1.54) is 0 Å². The highest BCUT2D eigenvalue weighted by molar-refractivity contribution is 5.66. The Balaban J connectivity index is 2.10. The number of carbonyl (C=O) groups is 1. The highest BCUT2D eigenvalue weighted by atomic mass is 16.5. The first kappa shape index (κ1) is 14.6. The van der Waals surface area contributed by atoms with Crippen molar-refractivity contribution >= 4 is 11.9 Å². The molecule has 110 valence electrons. The molecule has 0 saturated carbocycles. The maximum absolute atomic E-state index is 10.8. The fraction of sp³-hybridized carbons (Fsp3) is 0.643. The molecule has 1 N–H and O–H groups in total. The molecule has 1 atom stereocenters. The van der Waals surface area contributed by atoms with Gasteiger partial charge in [-0.3, -0.25) is 4.79 Å². The molecule has 1 unspecified atom stereocenters. The summed E-state index contributed by atoms with van der Waals surface area (Å²) in [4.78, 5) is 21.6. The lowest BCUT2D eigenvalue weighted by molar-refractivity contribution is -0.137. The van der Waals surface area contributed by atoms with E-state index in [-0.39, 0.29) is 12.5 Å². The van der Waals surface area contributed by atoms with E-state index in [2.05, 4.69) is 14.9 Å². The van der Waals surface area contributed by atoms with Crippen LogP contribution in [0.3, 0.4) is 0 Å². The van der Waals surface area contributed by atoms with Gasteiger partial charge < -0.3 is 14.7 Å². The molecule has 20 heavy (non-hydrogen) atoms. The summed E-state index contributed by atoms with van der Waals surface area (Å²) in [5.74, 6) is 0.464. The van der Waals surface area contributed by atoms with Crippen molar-refractivity contribution in [1.82, 2.24) is 9.97 Å². The fourth-order valence-electron chi connectivity index (χ4n) is 2.55. The van der Waals surface area contributed by atoms with E-state index < -0.39 is 5.97 Å². The van der Waals surface area contributed by atoms with Gasteiger partial charge >= 0.3 is 5.97 Å². The second-order valence-electron chi connectivity index (χ2n) is 4.90. The van der Waals surface area contributed by atoms with Crippen LogP contribution in [-0.4, -0.2) is 40.2 Å². The van der Waals surface area contributed by atoms with Crippen LogP contribution >= 0.6 is 0 Å². The van der Waals surface area contributed by atoms with Crippen molar-refractivity contribution in [1.29, 1.82) is 0 Å². The summed E-state index contributed by atoms with van der Waals surface area (Å²) in [7, 11) is 0. The smallest absolute Gasteiger partial charge is 0.303 e. The van der Waals surface area contributed by atoms with Gasteiger partial charge in [0.05, 0.1) is 6.61 Å². The average molecular weight is 279 g/mol. The quantitative estimate of drug-likeness (QED) is 0.859. The summed E-state index contributed by atoms with van der Waals surface area (Å²) in [6, 6.07) is 1.94. The van der Waals surface area contributed by atoms with Gasteiger partial charge in [0.2, 0.25) is 11.8 Å². The third kappa shape index (κ3) is 3.82. The highest BCUT2D eigenvalue weighted by Gasteiger charge is 2.25. The highest BCUT2D eigenvalue weighted by Crippen LogP contribution is 2.25. The van der Waals surface area contributed by atoms with Gasteiger partial charge in [0.1, 0.15) is 0 Å². The molecule has 0 bridgehead atoms. The van der Waals surface area contributed by atoms with Crippen LogP contribution in [0.4, 0.5) is 5.95 Å². The fourth-order valence-corrected chi connectivity index (χ4v) is 2.55. The van der Waals surface area contributed by atoms with Crippen molar-refractivity contribution in [3.63, 3.8) is 0 Å². The zero-order valence-electron chi connectivity index (χ0n) is 11.8. The number of anilines is 1. The Morgan fingerprint density at radius 1 is 1.55 bits per heavy atom. The van der Waals surface area contributed by atoms with Crippen LogP contribution in [0.1, 0.15) is 39.0 Å². The van der Waals surface area contributed by atoms with Crippen LogP contribution in [0.15, 0.2) is 12.3 Å². The van der Waals surface area contributed by atoms with Crippen molar-refractivity contribution in [2.45, 2.75) is 45.1 Å². The number of hydrogen-bond acceptors (Lipinski definition) is 5. The zero-order valence-corrected chi connectivity index (χ0v) is 11.8. The van der Waals surface area contributed by atoms with Crippen molar-refractivity contribution < 1.29 is 14.6 Å². The van der Waals surface area contributed by atoms with E-state index >= 15 is 0 Å². The molecule has 1 fully saturated rings. The molecule has 0 amide bonds. The first-order chi connectivity index (χ1) is 9.70. The van der Waals surface area contributed by atoms with Crippen molar-refractivity contribution in [2.24, 2.45) is 0 Å². The molecule has 0 aliphatic carbocycles. The summed E-state index contributed by atoms with van der Waals surface area (Å²) in [5, 5.41) is 8.85. The second kappa shape index (κ2) is 7.07. The van der Waals surface area contributed by atoms with Crippen LogP contribution < -0.4 is 9.64 Å². The van der Waals surface area contributed by atoms with Crippen molar-refractivity contribution in [3.05, 3.63) is 12.3 Å². The third-order valence-electron chi connectivity index (χ3n) is 3.48. The summed E-state index contributed by atoms with van der Waals surface area (Å²) in [6.45, 7) is 3.36. The number of rotatable bonds is 6. The topological polar surface area (TPSA) is 75.5 Å². The molecule has 1 aromatic heterocycles. The number of nitrogens with zero attached hydrogens (tertiary/aromatic N) is 3. The van der Waals surface area contributed by atoms with Gasteiger partial charge in [-0.2, -0.15) is 4.98 Å². The number of hydrogen-bond donors (Lipinski definition) is 1. The van der Waals surface area contributed by atoms with Crippen LogP contribution in [0.25, 0.3) is 0 Å². The molecule has 1 aliphatic heterocycles. The van der Waals surface area contributed by atoms with Crippen LogP contribution in [-0.2, 0) is 4.79 Å². The molecular formula is C14H21N3O3. The SMILES string of the molecule is CCOc1ccnc(N2CCCCC2CCC(=O)O)n1. The Morgan fingerprint density at radius 3 is 3.15 bits per heavy atom. The van der Waals surface area contributed by atoms with E-state index in [1.807, 2.05) is 6.92 Å². The lowest BCUT2D eigenvalue weighted by Crippen LogP contribution is -2.41. The van der Waals surface area contributed by atoms with Crippen LogP contribution in [0, 0.1) is 0 Å². The van der Waals surface area contributed by atoms with Gasteiger partial charge in [0, 0.05) is 31.3 Å². The minimum Gasteiger partial charge on any atom is -0.481 e. The number of carboxylic acids is 1. The van der Waals surface area contributed by atoms with Gasteiger partial charge in [-0.15, -0.1) is 0 Å². The summed E-state index contributed by atoms with van der Waals surface area (Å²) >= 11 is 0. The Hall–Kier alpha value is -1.85. The second-order valence-corrected chi connectivity index (χ2v) is 4.90. The molecule has 0 spiro atoms. The number of piperidine rings is 1. The number of carboxylic acid groups (broad SMARTS) is 1. The lowest BCUT2D eigenvalue weighted by Gasteiger charge is -2.35. The summed E-state index contributed by atoms with van der Waals surface area (Å²) in [5.41, 5.74) is 0. The van der Waals surface area contributed by atoms with Gasteiger partial charge in [-0.25, -0.2) is 4.98 Å².